The van der Waals surface area contributed by atoms with Gasteiger partial charge in [0.05, 0.1) is 6.07 Å². The van der Waals surface area contributed by atoms with Crippen molar-refractivity contribution in [1.29, 1.82) is 5.26 Å². The zero-order valence-electron chi connectivity index (χ0n) is 18.8. The molecule has 1 fully saturated rings. The van der Waals surface area contributed by atoms with Crippen molar-refractivity contribution in [1.82, 2.24) is 9.97 Å². The number of benzene rings is 2. The van der Waals surface area contributed by atoms with Crippen LogP contribution in [0.1, 0.15) is 30.1 Å². The summed E-state index contributed by atoms with van der Waals surface area (Å²) in [4.78, 5) is 44.0. The van der Waals surface area contributed by atoms with E-state index in [9.17, 15) is 14.4 Å². The molecule has 1 aliphatic carbocycles. The molecule has 0 unspecified atom stereocenters. The number of anilines is 6. The van der Waals surface area contributed by atoms with Gasteiger partial charge in [-0.2, -0.15) is 10.2 Å². The molecule has 3 aromatic rings. The third-order valence-electron chi connectivity index (χ3n) is 5.30. The fourth-order valence-corrected chi connectivity index (χ4v) is 3.26. The van der Waals surface area contributed by atoms with Crippen LogP contribution >= 0.6 is 0 Å². The van der Waals surface area contributed by atoms with E-state index in [2.05, 4.69) is 37.3 Å². The molecule has 11 heteroatoms. The fourth-order valence-electron chi connectivity index (χ4n) is 3.26. The molecular weight excluding hydrogens is 448 g/mol. The molecular formula is C24H22N8O3. The zero-order valence-corrected chi connectivity index (χ0v) is 18.8. The molecule has 1 saturated carbocycles. The molecule has 176 valence electrons. The zero-order chi connectivity index (χ0) is 25.0. The van der Waals surface area contributed by atoms with E-state index in [1.54, 1.807) is 48.5 Å². The Hall–Kier alpha value is -4.98. The minimum absolute atomic E-state index is 0.0876. The summed E-state index contributed by atoms with van der Waals surface area (Å²) < 4.78 is 0. The Bertz CT molecular complexity index is 1340. The summed E-state index contributed by atoms with van der Waals surface area (Å²) in [6, 6.07) is 15.8. The van der Waals surface area contributed by atoms with Gasteiger partial charge in [0.25, 0.3) is 5.91 Å². The minimum atomic E-state index is -0.917. The van der Waals surface area contributed by atoms with E-state index in [4.69, 9.17) is 11.0 Å². The van der Waals surface area contributed by atoms with Gasteiger partial charge in [-0.25, -0.2) is 4.98 Å². The highest BCUT2D eigenvalue weighted by molar-refractivity contribution is 6.00. The number of carbonyl (C=O) groups is 3. The Kier molecular flexibility index (Phi) is 6.28. The average molecular weight is 470 g/mol. The van der Waals surface area contributed by atoms with Crippen LogP contribution in [0.2, 0.25) is 0 Å². The summed E-state index contributed by atoms with van der Waals surface area (Å²) >= 11 is 0. The monoisotopic (exact) mass is 470 g/mol. The standard InChI is InChI=1S/C24H22N8O3/c1-14(33)28-17-3-2-4-18(11-17)31-23-27-12-19(20(26)34)21(32-23)29-15-5-7-16(8-6-15)30-22(35)24(13-25)9-10-24/h2-8,11-12H,9-10H2,1H3,(H2,26,34)(H,28,33)(H,30,35)(H2,27,29,31,32). The molecule has 0 bridgehead atoms. The summed E-state index contributed by atoms with van der Waals surface area (Å²) in [5.41, 5.74) is 7.01. The Morgan fingerprint density at radius 3 is 2.29 bits per heavy atom. The highest BCUT2D eigenvalue weighted by Gasteiger charge is 2.50. The summed E-state index contributed by atoms with van der Waals surface area (Å²) in [7, 11) is 0. The van der Waals surface area contributed by atoms with Crippen LogP contribution in [0.5, 0.6) is 0 Å². The third-order valence-corrected chi connectivity index (χ3v) is 5.30. The van der Waals surface area contributed by atoms with E-state index in [-0.39, 0.29) is 29.1 Å². The van der Waals surface area contributed by atoms with Gasteiger partial charge in [-0.05, 0) is 55.3 Å². The van der Waals surface area contributed by atoms with Gasteiger partial charge >= 0.3 is 0 Å². The molecule has 6 N–H and O–H groups in total. The SMILES string of the molecule is CC(=O)Nc1cccc(Nc2ncc(C(N)=O)c(Nc3ccc(NC(=O)C4(C#N)CC4)cc3)n2)c1. The van der Waals surface area contributed by atoms with Crippen molar-refractivity contribution < 1.29 is 14.4 Å². The number of rotatable bonds is 8. The van der Waals surface area contributed by atoms with Gasteiger partial charge in [0.2, 0.25) is 17.8 Å². The predicted octanol–water partition coefficient (Wildman–Crippen LogP) is 3.26. The maximum absolute atomic E-state index is 12.2. The minimum Gasteiger partial charge on any atom is -0.365 e. The van der Waals surface area contributed by atoms with Gasteiger partial charge in [-0.3, -0.25) is 14.4 Å². The molecule has 3 amide bonds. The van der Waals surface area contributed by atoms with Crippen LogP contribution in [-0.4, -0.2) is 27.7 Å². The largest absolute Gasteiger partial charge is 0.365 e. The number of primary amides is 1. The molecule has 0 spiro atoms. The molecule has 0 atom stereocenters. The van der Waals surface area contributed by atoms with Crippen molar-refractivity contribution in [2.75, 3.05) is 21.3 Å². The number of carbonyl (C=O) groups excluding carboxylic acids is 3. The van der Waals surface area contributed by atoms with Gasteiger partial charge in [0, 0.05) is 35.9 Å². The van der Waals surface area contributed by atoms with E-state index in [1.807, 2.05) is 0 Å². The van der Waals surface area contributed by atoms with Gasteiger partial charge in [-0.15, -0.1) is 0 Å². The van der Waals surface area contributed by atoms with E-state index in [0.717, 1.165) is 0 Å². The van der Waals surface area contributed by atoms with Crippen molar-refractivity contribution in [3.8, 4) is 6.07 Å². The lowest BCUT2D eigenvalue weighted by molar-refractivity contribution is -0.119. The molecule has 1 aliphatic rings. The number of hydrogen-bond donors (Lipinski definition) is 5. The Labute approximate surface area is 200 Å². The lowest BCUT2D eigenvalue weighted by Gasteiger charge is -2.13. The van der Waals surface area contributed by atoms with Crippen molar-refractivity contribution in [2.24, 2.45) is 11.1 Å². The van der Waals surface area contributed by atoms with Gasteiger partial charge in [0.15, 0.2) is 0 Å². The molecule has 0 radical (unpaired) electrons. The summed E-state index contributed by atoms with van der Waals surface area (Å²) in [6.45, 7) is 1.42. The predicted molar refractivity (Wildman–Crippen MR) is 130 cm³/mol. The first-order valence-electron chi connectivity index (χ1n) is 10.7. The third kappa shape index (κ3) is 5.51. The average Bonchev–Trinajstić information content (AvgIpc) is 3.62. The van der Waals surface area contributed by atoms with Crippen LogP contribution in [0.4, 0.5) is 34.5 Å². The number of amides is 3. The Balaban J connectivity index is 1.50. The molecule has 0 saturated heterocycles. The van der Waals surface area contributed by atoms with Gasteiger partial charge in [0.1, 0.15) is 16.8 Å². The van der Waals surface area contributed by atoms with Gasteiger partial charge < -0.3 is 27.0 Å². The molecule has 11 nitrogen and oxygen atoms in total. The maximum Gasteiger partial charge on any atom is 0.254 e. The highest BCUT2D eigenvalue weighted by Crippen LogP contribution is 2.45. The molecule has 1 aromatic heterocycles. The van der Waals surface area contributed by atoms with Crippen molar-refractivity contribution in [3.05, 3.63) is 60.3 Å². The molecule has 2 aromatic carbocycles. The van der Waals surface area contributed by atoms with Crippen LogP contribution in [0.3, 0.4) is 0 Å². The molecule has 1 heterocycles. The summed E-state index contributed by atoms with van der Waals surface area (Å²) in [5, 5.41) is 20.7. The second kappa shape index (κ2) is 9.48. The fraction of sp³-hybridized carbons (Fsp3) is 0.167. The molecule has 4 rings (SSSR count). The van der Waals surface area contributed by atoms with Crippen LogP contribution in [0.15, 0.2) is 54.7 Å². The number of aromatic nitrogens is 2. The Morgan fingerprint density at radius 1 is 0.971 bits per heavy atom. The first kappa shape index (κ1) is 23.2. The van der Waals surface area contributed by atoms with Crippen molar-refractivity contribution in [2.45, 2.75) is 19.8 Å². The van der Waals surface area contributed by atoms with E-state index < -0.39 is 11.3 Å². The lowest BCUT2D eigenvalue weighted by atomic mass is 10.1. The quantitative estimate of drug-likeness (QED) is 0.333. The second-order valence-corrected chi connectivity index (χ2v) is 8.06. The van der Waals surface area contributed by atoms with E-state index in [1.165, 1.54) is 13.1 Å². The number of hydrogen-bond acceptors (Lipinski definition) is 8. The number of nitrogens with two attached hydrogens (primary N) is 1. The number of nitrogens with one attached hydrogen (secondary N) is 4. The highest BCUT2D eigenvalue weighted by atomic mass is 16.2. The van der Waals surface area contributed by atoms with Gasteiger partial charge in [-0.1, -0.05) is 6.07 Å². The second-order valence-electron chi connectivity index (χ2n) is 8.06. The Morgan fingerprint density at radius 2 is 1.66 bits per heavy atom. The molecule has 0 aliphatic heterocycles. The van der Waals surface area contributed by atoms with Crippen LogP contribution in [0, 0.1) is 16.7 Å². The number of nitriles is 1. The molecule has 35 heavy (non-hydrogen) atoms. The topological polar surface area (TPSA) is 175 Å². The van der Waals surface area contributed by atoms with Crippen LogP contribution in [-0.2, 0) is 9.59 Å². The van der Waals surface area contributed by atoms with E-state index in [0.29, 0.717) is 35.6 Å². The number of nitrogens with zero attached hydrogens (tertiary/aromatic N) is 3. The van der Waals surface area contributed by atoms with Crippen LogP contribution < -0.4 is 27.0 Å². The first-order valence-corrected chi connectivity index (χ1v) is 10.7. The smallest absolute Gasteiger partial charge is 0.254 e. The summed E-state index contributed by atoms with van der Waals surface area (Å²) in [5.74, 6) is -0.829. The van der Waals surface area contributed by atoms with E-state index >= 15 is 0 Å². The normalized spacial score (nSPS) is 13.1. The van der Waals surface area contributed by atoms with Crippen molar-refractivity contribution >= 4 is 52.2 Å². The maximum atomic E-state index is 12.2. The first-order chi connectivity index (χ1) is 16.8. The lowest BCUT2D eigenvalue weighted by Crippen LogP contribution is -2.22. The summed E-state index contributed by atoms with van der Waals surface area (Å²) in [6.07, 6.45) is 2.43. The van der Waals surface area contributed by atoms with Crippen LogP contribution in [0.25, 0.3) is 0 Å². The van der Waals surface area contributed by atoms with Crippen molar-refractivity contribution in [3.63, 3.8) is 0 Å².